The Morgan fingerprint density at radius 2 is 1.96 bits per heavy atom. The van der Waals surface area contributed by atoms with Gasteiger partial charge in [0.25, 0.3) is 0 Å². The summed E-state index contributed by atoms with van der Waals surface area (Å²) < 4.78 is 40.5. The Kier molecular flexibility index (Phi) is 4.86. The largest absolute Gasteiger partial charge is 0.426 e. The Hall–Kier alpha value is -1.89. The molecule has 0 fully saturated rings. The van der Waals surface area contributed by atoms with Crippen LogP contribution in [0.3, 0.4) is 0 Å². The van der Waals surface area contributed by atoms with Gasteiger partial charge in [-0.25, -0.2) is 4.98 Å². The average Bonchev–Trinajstić information content (AvgIpc) is 2.95. The molecule has 0 spiro atoms. The van der Waals surface area contributed by atoms with E-state index in [-0.39, 0.29) is 17.4 Å². The molecule has 134 valence electrons. The summed E-state index contributed by atoms with van der Waals surface area (Å²) in [5.41, 5.74) is 1.53. The first-order valence-corrected chi connectivity index (χ1v) is 9.08. The molecule has 0 unspecified atom stereocenters. The number of anilines is 1. The van der Waals surface area contributed by atoms with Gasteiger partial charge in [0.2, 0.25) is 5.91 Å². The molecule has 1 N–H and O–H groups in total. The number of carbonyl (C=O) groups is 1. The van der Waals surface area contributed by atoms with E-state index in [0.717, 1.165) is 34.6 Å². The summed E-state index contributed by atoms with van der Waals surface area (Å²) in [6, 6.07) is 3.16. The van der Waals surface area contributed by atoms with Crippen LogP contribution in [-0.2, 0) is 23.8 Å². The summed E-state index contributed by atoms with van der Waals surface area (Å²) in [4.78, 5) is 16.1. The molecule has 2 heterocycles. The van der Waals surface area contributed by atoms with Gasteiger partial charge in [-0.3, -0.25) is 4.79 Å². The molecule has 0 aliphatic heterocycles. The summed E-state index contributed by atoms with van der Waals surface area (Å²) in [5.74, 6) is -0.0218. The lowest BCUT2D eigenvalue weighted by molar-refractivity contribution is -0.133. The molecule has 0 saturated heterocycles. The second kappa shape index (κ2) is 6.78. The summed E-state index contributed by atoms with van der Waals surface area (Å²) in [5, 5.41) is 2.65. The van der Waals surface area contributed by atoms with Gasteiger partial charge in [-0.15, -0.1) is 11.3 Å². The number of alkyl halides is 3. The molecule has 0 bridgehead atoms. The minimum absolute atomic E-state index is 0.177. The maximum atomic E-state index is 13.5. The molecule has 1 aliphatic carbocycles. The maximum absolute atomic E-state index is 13.5. The van der Waals surface area contributed by atoms with Crippen LogP contribution in [0.4, 0.5) is 19.0 Å². The molecule has 0 saturated carbocycles. The normalized spacial score (nSPS) is 14.5. The third-order valence-electron chi connectivity index (χ3n) is 4.26. The monoisotopic (exact) mass is 368 g/mol. The van der Waals surface area contributed by atoms with Gasteiger partial charge in [-0.05, 0) is 43.4 Å². The zero-order valence-corrected chi connectivity index (χ0v) is 14.9. The minimum atomic E-state index is -4.37. The van der Waals surface area contributed by atoms with Gasteiger partial charge in [-0.1, -0.05) is 13.8 Å². The zero-order valence-electron chi connectivity index (χ0n) is 14.0. The number of hydrogen-bond donors (Lipinski definition) is 1. The van der Waals surface area contributed by atoms with E-state index in [9.17, 15) is 18.0 Å². The first-order valence-electron chi connectivity index (χ1n) is 8.26. The maximum Gasteiger partial charge on any atom is 0.426 e. The van der Waals surface area contributed by atoms with Crippen molar-refractivity contribution in [3.63, 3.8) is 0 Å². The lowest BCUT2D eigenvalue weighted by Gasteiger charge is -2.14. The molecular formula is C18H19F3N2OS. The lowest BCUT2D eigenvalue weighted by atomic mass is 9.92. The van der Waals surface area contributed by atoms with E-state index in [1.807, 2.05) is 0 Å². The average molecular weight is 368 g/mol. The summed E-state index contributed by atoms with van der Waals surface area (Å²) in [6.07, 6.45) is 0.263. The molecule has 0 radical (unpaired) electrons. The van der Waals surface area contributed by atoms with Crippen LogP contribution in [0.15, 0.2) is 18.3 Å². The highest BCUT2D eigenvalue weighted by Crippen LogP contribution is 2.47. The predicted octanol–water partition coefficient (Wildman–Crippen LogP) is 5.30. The molecule has 3 nitrogen and oxygen atoms in total. The highest BCUT2D eigenvalue weighted by atomic mass is 32.1. The standard InChI is InChI=1S/C18H19F3N2OS/c1-10(2)17(24)23-14-8-7-11(9-22-14)15-12-5-3-4-6-13(12)25-16(15)18(19,20)21/h7-10H,3-6H2,1-2H3,(H,22,23,24). The molecule has 0 aromatic carbocycles. The van der Waals surface area contributed by atoms with Crippen LogP contribution >= 0.6 is 11.3 Å². The highest BCUT2D eigenvalue weighted by Gasteiger charge is 2.38. The number of thiophene rings is 1. The van der Waals surface area contributed by atoms with E-state index in [0.29, 0.717) is 24.2 Å². The first-order chi connectivity index (χ1) is 11.8. The lowest BCUT2D eigenvalue weighted by Crippen LogP contribution is -2.18. The van der Waals surface area contributed by atoms with Crippen molar-refractivity contribution in [2.75, 3.05) is 5.32 Å². The van der Waals surface area contributed by atoms with Crippen molar-refractivity contribution in [1.29, 1.82) is 0 Å². The molecule has 7 heteroatoms. The number of aryl methyl sites for hydroxylation is 1. The third-order valence-corrected chi connectivity index (χ3v) is 5.59. The van der Waals surface area contributed by atoms with E-state index in [2.05, 4.69) is 10.3 Å². The Morgan fingerprint density at radius 3 is 2.56 bits per heavy atom. The number of nitrogens with one attached hydrogen (secondary N) is 1. The number of nitrogens with zero attached hydrogens (tertiary/aromatic N) is 1. The van der Waals surface area contributed by atoms with Crippen molar-refractivity contribution in [1.82, 2.24) is 4.98 Å². The van der Waals surface area contributed by atoms with Crippen molar-refractivity contribution in [2.24, 2.45) is 5.92 Å². The predicted molar refractivity (Wildman–Crippen MR) is 92.7 cm³/mol. The molecule has 25 heavy (non-hydrogen) atoms. The van der Waals surface area contributed by atoms with Gasteiger partial charge < -0.3 is 5.32 Å². The second-order valence-electron chi connectivity index (χ2n) is 6.49. The Morgan fingerprint density at radius 1 is 1.24 bits per heavy atom. The topological polar surface area (TPSA) is 42.0 Å². The van der Waals surface area contributed by atoms with Crippen molar-refractivity contribution in [3.8, 4) is 11.1 Å². The van der Waals surface area contributed by atoms with Crippen LogP contribution < -0.4 is 5.32 Å². The van der Waals surface area contributed by atoms with E-state index in [1.165, 1.54) is 6.20 Å². The smallest absolute Gasteiger partial charge is 0.310 e. The fourth-order valence-corrected chi connectivity index (χ4v) is 4.24. The van der Waals surface area contributed by atoms with E-state index < -0.39 is 11.1 Å². The van der Waals surface area contributed by atoms with Crippen LogP contribution in [-0.4, -0.2) is 10.9 Å². The fraction of sp³-hybridized carbons (Fsp3) is 0.444. The Balaban J connectivity index is 1.98. The van der Waals surface area contributed by atoms with Crippen LogP contribution in [0.5, 0.6) is 0 Å². The van der Waals surface area contributed by atoms with Crippen molar-refractivity contribution in [3.05, 3.63) is 33.6 Å². The SMILES string of the molecule is CC(C)C(=O)Nc1ccc(-c2c(C(F)(F)F)sc3c2CCCC3)cn1. The van der Waals surface area contributed by atoms with Gasteiger partial charge in [0.05, 0.1) is 0 Å². The van der Waals surface area contributed by atoms with E-state index in [4.69, 9.17) is 0 Å². The number of aromatic nitrogens is 1. The Bertz CT molecular complexity index is 779. The van der Waals surface area contributed by atoms with Crippen LogP contribution in [0.2, 0.25) is 0 Å². The van der Waals surface area contributed by atoms with Gasteiger partial charge in [0.1, 0.15) is 10.7 Å². The second-order valence-corrected chi connectivity index (χ2v) is 7.59. The highest BCUT2D eigenvalue weighted by molar-refractivity contribution is 7.12. The molecule has 1 amide bonds. The van der Waals surface area contributed by atoms with Crippen molar-refractivity contribution < 1.29 is 18.0 Å². The number of fused-ring (bicyclic) bond motifs is 1. The number of rotatable bonds is 3. The molecule has 0 atom stereocenters. The Labute approximate surface area is 148 Å². The van der Waals surface area contributed by atoms with Crippen LogP contribution in [0.1, 0.15) is 42.0 Å². The summed E-state index contributed by atoms with van der Waals surface area (Å²) in [6.45, 7) is 3.52. The van der Waals surface area contributed by atoms with Gasteiger partial charge in [0, 0.05) is 28.1 Å². The minimum Gasteiger partial charge on any atom is -0.310 e. The number of halogens is 3. The zero-order chi connectivity index (χ0) is 18.2. The summed E-state index contributed by atoms with van der Waals surface area (Å²) >= 11 is 0.860. The number of pyridine rings is 1. The van der Waals surface area contributed by atoms with Gasteiger partial charge >= 0.3 is 6.18 Å². The summed E-state index contributed by atoms with van der Waals surface area (Å²) in [7, 11) is 0. The first kappa shape index (κ1) is 17.9. The van der Waals surface area contributed by atoms with Crippen LogP contribution in [0, 0.1) is 5.92 Å². The van der Waals surface area contributed by atoms with E-state index >= 15 is 0 Å². The molecule has 2 aromatic heterocycles. The molecular weight excluding hydrogens is 349 g/mol. The number of carbonyl (C=O) groups excluding carboxylic acids is 1. The van der Waals surface area contributed by atoms with Crippen molar-refractivity contribution >= 4 is 23.1 Å². The van der Waals surface area contributed by atoms with Crippen molar-refractivity contribution in [2.45, 2.75) is 45.7 Å². The third kappa shape index (κ3) is 3.71. The molecule has 3 rings (SSSR count). The fourth-order valence-electron chi connectivity index (χ4n) is 2.96. The molecule has 1 aliphatic rings. The van der Waals surface area contributed by atoms with Gasteiger partial charge in [-0.2, -0.15) is 13.2 Å². The van der Waals surface area contributed by atoms with Crippen LogP contribution in [0.25, 0.3) is 11.1 Å². The quantitative estimate of drug-likeness (QED) is 0.798. The van der Waals surface area contributed by atoms with E-state index in [1.54, 1.807) is 26.0 Å². The molecule has 2 aromatic rings. The number of amides is 1. The number of hydrogen-bond acceptors (Lipinski definition) is 3. The van der Waals surface area contributed by atoms with Gasteiger partial charge in [0.15, 0.2) is 0 Å².